The third kappa shape index (κ3) is 4.35. The van der Waals surface area contributed by atoms with Crippen molar-refractivity contribution in [2.75, 3.05) is 0 Å². The van der Waals surface area contributed by atoms with Crippen molar-refractivity contribution in [1.82, 2.24) is 15.5 Å². The SMILES string of the molecule is CC(NC(=O)C1(N)CCCCC1)c1nc(-c2cccc(F)c2)no1.Cl. The van der Waals surface area contributed by atoms with Gasteiger partial charge in [0.25, 0.3) is 0 Å². The van der Waals surface area contributed by atoms with Crippen LogP contribution < -0.4 is 11.1 Å². The predicted octanol–water partition coefficient (Wildman–Crippen LogP) is 3.14. The fourth-order valence-corrected chi connectivity index (χ4v) is 2.97. The first-order valence-electron chi connectivity index (χ1n) is 8.17. The summed E-state index contributed by atoms with van der Waals surface area (Å²) in [4.78, 5) is 16.7. The quantitative estimate of drug-likeness (QED) is 0.864. The minimum Gasteiger partial charge on any atom is -0.343 e. The van der Waals surface area contributed by atoms with Gasteiger partial charge in [-0.1, -0.05) is 36.6 Å². The Balaban J connectivity index is 0.00000225. The summed E-state index contributed by atoms with van der Waals surface area (Å²) < 4.78 is 18.5. The standard InChI is InChI=1S/C17H21FN4O2.ClH/c1-11(20-16(23)17(19)8-3-2-4-9-17)15-21-14(22-24-15)12-6-5-7-13(18)10-12;/h5-7,10-11H,2-4,8-9,19H2,1H3,(H,20,23);1H. The number of aromatic nitrogens is 2. The molecule has 1 saturated carbocycles. The Labute approximate surface area is 151 Å². The van der Waals surface area contributed by atoms with Crippen LogP contribution >= 0.6 is 12.4 Å². The molecule has 0 radical (unpaired) electrons. The molecule has 1 fully saturated rings. The van der Waals surface area contributed by atoms with Gasteiger partial charge in [-0.25, -0.2) is 4.39 Å². The molecule has 8 heteroatoms. The van der Waals surface area contributed by atoms with E-state index in [-0.39, 0.29) is 35.8 Å². The van der Waals surface area contributed by atoms with Gasteiger partial charge in [-0.15, -0.1) is 12.4 Å². The van der Waals surface area contributed by atoms with Gasteiger partial charge < -0.3 is 15.6 Å². The molecule has 1 aromatic carbocycles. The van der Waals surface area contributed by atoms with Gasteiger partial charge in [0.05, 0.1) is 5.54 Å². The minimum absolute atomic E-state index is 0. The summed E-state index contributed by atoms with van der Waals surface area (Å²) >= 11 is 0. The Morgan fingerprint density at radius 3 is 2.76 bits per heavy atom. The average Bonchev–Trinajstić information content (AvgIpc) is 3.05. The molecule has 1 atom stereocenters. The number of carbonyl (C=O) groups excluding carboxylic acids is 1. The van der Waals surface area contributed by atoms with Gasteiger partial charge in [0.15, 0.2) is 0 Å². The summed E-state index contributed by atoms with van der Waals surface area (Å²) in [6, 6.07) is 5.48. The molecule has 2 aromatic rings. The molecule has 0 aliphatic heterocycles. The Morgan fingerprint density at radius 1 is 1.36 bits per heavy atom. The molecule has 25 heavy (non-hydrogen) atoms. The van der Waals surface area contributed by atoms with E-state index in [2.05, 4.69) is 15.5 Å². The van der Waals surface area contributed by atoms with Crippen molar-refractivity contribution in [3.05, 3.63) is 36.0 Å². The van der Waals surface area contributed by atoms with Gasteiger partial charge in [-0.05, 0) is 31.9 Å². The maximum Gasteiger partial charge on any atom is 0.249 e. The third-order valence-corrected chi connectivity index (χ3v) is 4.44. The highest BCUT2D eigenvalue weighted by Crippen LogP contribution is 2.27. The summed E-state index contributed by atoms with van der Waals surface area (Å²) in [5.74, 6) is -0.0180. The Hall–Kier alpha value is -1.99. The van der Waals surface area contributed by atoms with Crippen molar-refractivity contribution in [2.24, 2.45) is 5.73 Å². The number of halogens is 2. The molecule has 0 spiro atoms. The topological polar surface area (TPSA) is 94.0 Å². The van der Waals surface area contributed by atoms with E-state index in [9.17, 15) is 9.18 Å². The number of nitrogens with zero attached hydrogens (tertiary/aromatic N) is 2. The second kappa shape index (κ2) is 7.93. The number of benzene rings is 1. The fraction of sp³-hybridized carbons (Fsp3) is 0.471. The number of amides is 1. The maximum atomic E-state index is 13.3. The zero-order chi connectivity index (χ0) is 17.2. The van der Waals surface area contributed by atoms with Crippen molar-refractivity contribution in [3.63, 3.8) is 0 Å². The van der Waals surface area contributed by atoms with Crippen LogP contribution in [0.2, 0.25) is 0 Å². The van der Waals surface area contributed by atoms with E-state index in [0.717, 1.165) is 19.3 Å². The molecule has 3 N–H and O–H groups in total. The van der Waals surface area contributed by atoms with Crippen LogP contribution in [0.1, 0.15) is 51.0 Å². The maximum absolute atomic E-state index is 13.3. The lowest BCUT2D eigenvalue weighted by atomic mass is 9.82. The first kappa shape index (κ1) is 19.3. The molecule has 136 valence electrons. The Bertz CT molecular complexity index is 731. The van der Waals surface area contributed by atoms with Crippen molar-refractivity contribution >= 4 is 18.3 Å². The highest BCUT2D eigenvalue weighted by molar-refractivity contribution is 5.86. The van der Waals surface area contributed by atoms with Gasteiger partial charge in [0.2, 0.25) is 17.6 Å². The molecular weight excluding hydrogens is 347 g/mol. The second-order valence-corrected chi connectivity index (χ2v) is 6.38. The van der Waals surface area contributed by atoms with Crippen molar-refractivity contribution in [1.29, 1.82) is 0 Å². The van der Waals surface area contributed by atoms with E-state index in [1.165, 1.54) is 12.1 Å². The van der Waals surface area contributed by atoms with E-state index in [0.29, 0.717) is 18.4 Å². The summed E-state index contributed by atoms with van der Waals surface area (Å²) in [7, 11) is 0. The lowest BCUT2D eigenvalue weighted by Gasteiger charge is -2.32. The first-order chi connectivity index (χ1) is 11.5. The van der Waals surface area contributed by atoms with E-state index in [1.807, 2.05) is 0 Å². The number of carbonyl (C=O) groups is 1. The van der Waals surface area contributed by atoms with Gasteiger partial charge >= 0.3 is 0 Å². The molecular formula is C17H22ClFN4O2. The predicted molar refractivity (Wildman–Crippen MR) is 93.5 cm³/mol. The third-order valence-electron chi connectivity index (χ3n) is 4.44. The van der Waals surface area contributed by atoms with Crippen molar-refractivity contribution in [3.8, 4) is 11.4 Å². The second-order valence-electron chi connectivity index (χ2n) is 6.38. The van der Waals surface area contributed by atoms with E-state index in [1.54, 1.807) is 19.1 Å². The number of rotatable bonds is 4. The molecule has 6 nitrogen and oxygen atoms in total. The van der Waals surface area contributed by atoms with E-state index >= 15 is 0 Å². The molecule has 0 saturated heterocycles. The first-order valence-corrected chi connectivity index (χ1v) is 8.17. The van der Waals surface area contributed by atoms with Gasteiger partial charge in [-0.2, -0.15) is 4.98 Å². The summed E-state index contributed by atoms with van der Waals surface area (Å²) in [5, 5.41) is 6.70. The van der Waals surface area contributed by atoms with Crippen LogP contribution in [-0.4, -0.2) is 21.6 Å². The highest BCUT2D eigenvalue weighted by atomic mass is 35.5. The summed E-state index contributed by atoms with van der Waals surface area (Å²) in [6.07, 6.45) is 4.40. The van der Waals surface area contributed by atoms with Gasteiger partial charge in [0.1, 0.15) is 11.9 Å². The van der Waals surface area contributed by atoms with E-state index < -0.39 is 11.6 Å². The highest BCUT2D eigenvalue weighted by Gasteiger charge is 2.36. The minimum atomic E-state index is -0.822. The lowest BCUT2D eigenvalue weighted by Crippen LogP contribution is -2.55. The number of hydrogen-bond donors (Lipinski definition) is 2. The fourth-order valence-electron chi connectivity index (χ4n) is 2.97. The molecule has 1 aromatic heterocycles. The van der Waals surface area contributed by atoms with Crippen LogP contribution in [0.15, 0.2) is 28.8 Å². The largest absolute Gasteiger partial charge is 0.343 e. The molecule has 0 bridgehead atoms. The van der Waals surface area contributed by atoms with Gasteiger partial charge in [0, 0.05) is 5.56 Å². The van der Waals surface area contributed by atoms with Crippen LogP contribution in [0.5, 0.6) is 0 Å². The average molecular weight is 369 g/mol. The molecule has 1 unspecified atom stereocenters. The number of hydrogen-bond acceptors (Lipinski definition) is 5. The van der Waals surface area contributed by atoms with Crippen LogP contribution in [0.4, 0.5) is 4.39 Å². The van der Waals surface area contributed by atoms with Crippen LogP contribution in [0.3, 0.4) is 0 Å². The molecule has 1 aliphatic rings. The van der Waals surface area contributed by atoms with Crippen LogP contribution in [0.25, 0.3) is 11.4 Å². The van der Waals surface area contributed by atoms with Crippen molar-refractivity contribution < 1.29 is 13.7 Å². The molecule has 1 aliphatic carbocycles. The normalized spacial score (nSPS) is 17.4. The zero-order valence-electron chi connectivity index (χ0n) is 14.0. The Morgan fingerprint density at radius 2 is 2.08 bits per heavy atom. The van der Waals surface area contributed by atoms with Crippen LogP contribution in [0, 0.1) is 5.82 Å². The monoisotopic (exact) mass is 368 g/mol. The zero-order valence-corrected chi connectivity index (χ0v) is 14.8. The number of nitrogens with one attached hydrogen (secondary N) is 1. The van der Waals surface area contributed by atoms with E-state index in [4.69, 9.17) is 10.3 Å². The van der Waals surface area contributed by atoms with Crippen molar-refractivity contribution in [2.45, 2.75) is 50.6 Å². The molecule has 1 heterocycles. The number of nitrogens with two attached hydrogens (primary N) is 1. The molecule has 1 amide bonds. The summed E-state index contributed by atoms with van der Waals surface area (Å²) in [6.45, 7) is 1.76. The lowest BCUT2D eigenvalue weighted by molar-refractivity contribution is -0.128. The van der Waals surface area contributed by atoms with Gasteiger partial charge in [-0.3, -0.25) is 4.79 Å². The Kier molecular flexibility index (Phi) is 6.13. The smallest absolute Gasteiger partial charge is 0.249 e. The molecule has 3 rings (SSSR count). The van der Waals surface area contributed by atoms with Crippen LogP contribution in [-0.2, 0) is 4.79 Å². The summed E-state index contributed by atoms with van der Waals surface area (Å²) in [5.41, 5.74) is 5.92.